The highest BCUT2D eigenvalue weighted by Gasteiger charge is 2.41. The van der Waals surface area contributed by atoms with Crippen LogP contribution in [0.25, 0.3) is 0 Å². The number of carboxylic acids is 1. The van der Waals surface area contributed by atoms with Crippen molar-refractivity contribution in [2.24, 2.45) is 22.2 Å². The maximum absolute atomic E-state index is 12.0. The Kier molecular flexibility index (Phi) is 24.8. The van der Waals surface area contributed by atoms with Crippen LogP contribution in [0.15, 0.2) is 24.3 Å². The lowest BCUT2D eigenvalue weighted by Crippen LogP contribution is -2.36. The standard InChI is InChI=1S/C15H24.C14H28O2.C9H15F3O2.C6H12O2/c1-7-15(5,6)13-10-8-12(9-11-13)14(2,3)4;1-6-9-10-12(7-2)11-16-13(15)14(4,5)8-3;1-5-8(3,4)7(13)14-6(2)9(10,11)12;1-4-6(2,3)5(7)8/h8-11H,7H2,1-6H3;12H,6-11H2,1-5H3;6H,5H2,1-4H3;4H2,1-3H3,(H,7,8). The van der Waals surface area contributed by atoms with Crippen molar-refractivity contribution in [1.82, 2.24) is 0 Å². The van der Waals surface area contributed by atoms with Gasteiger partial charge in [-0.1, -0.05) is 120 Å². The van der Waals surface area contributed by atoms with Crippen molar-refractivity contribution in [3.63, 3.8) is 0 Å². The quantitative estimate of drug-likeness (QED) is 0.179. The van der Waals surface area contributed by atoms with E-state index in [0.717, 1.165) is 19.8 Å². The van der Waals surface area contributed by atoms with Gasteiger partial charge in [-0.3, -0.25) is 14.4 Å². The Bertz CT molecular complexity index is 1180. The summed E-state index contributed by atoms with van der Waals surface area (Å²) < 4.78 is 45.8. The maximum Gasteiger partial charge on any atom is 0.425 e. The largest absolute Gasteiger partial charge is 0.481 e. The van der Waals surface area contributed by atoms with Crippen LogP contribution in [0.2, 0.25) is 0 Å². The molecule has 1 rings (SSSR count). The maximum atomic E-state index is 12.0. The first-order valence-electron chi connectivity index (χ1n) is 19.7. The minimum atomic E-state index is -4.49. The number of hydrogen-bond donors (Lipinski definition) is 1. The smallest absolute Gasteiger partial charge is 0.425 e. The minimum absolute atomic E-state index is 0.0510. The molecule has 0 radical (unpaired) electrons. The third-order valence-electron chi connectivity index (χ3n) is 10.5. The highest BCUT2D eigenvalue weighted by Crippen LogP contribution is 2.30. The Labute approximate surface area is 322 Å². The molecule has 0 aromatic heterocycles. The third-order valence-corrected chi connectivity index (χ3v) is 10.5. The second-order valence-electron chi connectivity index (χ2n) is 17.7. The van der Waals surface area contributed by atoms with Gasteiger partial charge in [-0.25, -0.2) is 0 Å². The Morgan fingerprint density at radius 2 is 1.08 bits per heavy atom. The number of carbonyl (C=O) groups is 3. The van der Waals surface area contributed by atoms with Gasteiger partial charge in [0.1, 0.15) is 0 Å². The average Bonchev–Trinajstić information content (AvgIpc) is 3.08. The summed E-state index contributed by atoms with van der Waals surface area (Å²) in [5, 5.41) is 8.44. The molecule has 312 valence electrons. The fourth-order valence-electron chi connectivity index (χ4n) is 3.74. The molecule has 0 heterocycles. The van der Waals surface area contributed by atoms with Crippen LogP contribution in [-0.2, 0) is 34.7 Å². The number of carbonyl (C=O) groups excluding carboxylic acids is 2. The van der Waals surface area contributed by atoms with Gasteiger partial charge in [0.25, 0.3) is 0 Å². The van der Waals surface area contributed by atoms with Crippen molar-refractivity contribution in [1.29, 1.82) is 0 Å². The highest BCUT2D eigenvalue weighted by molar-refractivity contribution is 5.76. The van der Waals surface area contributed by atoms with Gasteiger partial charge >= 0.3 is 24.1 Å². The Balaban J connectivity index is -0.000000645. The van der Waals surface area contributed by atoms with Crippen molar-refractivity contribution in [2.75, 3.05) is 6.61 Å². The van der Waals surface area contributed by atoms with Crippen LogP contribution in [0.4, 0.5) is 13.2 Å². The zero-order valence-electron chi connectivity index (χ0n) is 37.0. The number of esters is 2. The topological polar surface area (TPSA) is 89.9 Å². The molecule has 0 spiro atoms. The molecule has 0 aliphatic carbocycles. The monoisotopic (exact) mass is 761 g/mol. The summed E-state index contributed by atoms with van der Waals surface area (Å²) in [5.41, 5.74) is 1.68. The number of benzene rings is 1. The molecule has 0 aliphatic heterocycles. The molecule has 2 unspecified atom stereocenters. The lowest BCUT2D eigenvalue weighted by atomic mass is 9.80. The van der Waals surface area contributed by atoms with E-state index in [4.69, 9.17) is 9.84 Å². The number of ether oxygens (including phenoxy) is 2. The number of carboxylic acid groups (broad SMARTS) is 1. The molecular formula is C44H79F3O6. The Morgan fingerprint density at radius 3 is 1.38 bits per heavy atom. The molecule has 1 aromatic carbocycles. The Hall–Kier alpha value is -2.58. The Morgan fingerprint density at radius 1 is 0.660 bits per heavy atom. The van der Waals surface area contributed by atoms with Gasteiger partial charge in [0.05, 0.1) is 22.9 Å². The van der Waals surface area contributed by atoms with Crippen LogP contribution in [0, 0.1) is 22.2 Å². The van der Waals surface area contributed by atoms with E-state index in [9.17, 15) is 27.6 Å². The summed E-state index contributed by atoms with van der Waals surface area (Å²) in [5.74, 6) is -1.05. The van der Waals surface area contributed by atoms with Gasteiger partial charge in [0.15, 0.2) is 6.10 Å². The number of alkyl halides is 3. The predicted molar refractivity (Wildman–Crippen MR) is 214 cm³/mol. The van der Waals surface area contributed by atoms with E-state index in [1.54, 1.807) is 34.6 Å². The first-order valence-corrected chi connectivity index (χ1v) is 19.7. The van der Waals surface area contributed by atoms with E-state index in [-0.39, 0.29) is 16.8 Å². The fraction of sp³-hybridized carbons (Fsp3) is 0.795. The second-order valence-corrected chi connectivity index (χ2v) is 17.7. The zero-order chi connectivity index (χ0) is 42.6. The van der Waals surface area contributed by atoms with Gasteiger partial charge in [0, 0.05) is 0 Å². The summed E-state index contributed by atoms with van der Waals surface area (Å²) in [6.45, 7) is 35.5. The van der Waals surface area contributed by atoms with Crippen molar-refractivity contribution in [3.05, 3.63) is 35.4 Å². The SMILES string of the molecule is CCC(C)(C)C(=O)O.CCC(C)(C)C(=O)OC(C)C(F)(F)F.CCC(C)(C)c1ccc(C(C)(C)C)cc1.CCCCC(CC)COC(=O)C(C)(C)CC. The van der Waals surface area contributed by atoms with Crippen LogP contribution in [0.1, 0.15) is 187 Å². The lowest BCUT2D eigenvalue weighted by Gasteiger charge is -2.25. The van der Waals surface area contributed by atoms with Crippen molar-refractivity contribution in [2.45, 2.75) is 199 Å². The molecule has 2 atom stereocenters. The number of aliphatic carboxylic acids is 1. The summed E-state index contributed by atoms with van der Waals surface area (Å²) in [6, 6.07) is 9.10. The molecule has 0 fully saturated rings. The average molecular weight is 761 g/mol. The lowest BCUT2D eigenvalue weighted by molar-refractivity contribution is -0.221. The van der Waals surface area contributed by atoms with Gasteiger partial charge in [-0.15, -0.1) is 0 Å². The molecule has 1 aromatic rings. The molecule has 9 heteroatoms. The highest BCUT2D eigenvalue weighted by atomic mass is 19.4. The molecular weight excluding hydrogens is 681 g/mol. The summed E-state index contributed by atoms with van der Waals surface area (Å²) in [6.07, 6.45) is 1.32. The van der Waals surface area contributed by atoms with Crippen LogP contribution in [-0.4, -0.2) is 41.9 Å². The van der Waals surface area contributed by atoms with E-state index < -0.39 is 35.0 Å². The normalized spacial score (nSPS) is 13.5. The van der Waals surface area contributed by atoms with E-state index >= 15 is 0 Å². The van der Waals surface area contributed by atoms with Crippen LogP contribution in [0.5, 0.6) is 0 Å². The van der Waals surface area contributed by atoms with Gasteiger partial charge < -0.3 is 14.6 Å². The van der Waals surface area contributed by atoms with Crippen molar-refractivity contribution < 1.29 is 42.1 Å². The molecule has 0 aliphatic rings. The molecule has 1 N–H and O–H groups in total. The number of rotatable bonds is 15. The predicted octanol–water partition coefficient (Wildman–Crippen LogP) is 13.3. The van der Waals surface area contributed by atoms with Crippen LogP contribution >= 0.6 is 0 Å². The molecule has 6 nitrogen and oxygen atoms in total. The fourth-order valence-corrected chi connectivity index (χ4v) is 3.74. The summed E-state index contributed by atoms with van der Waals surface area (Å²) >= 11 is 0. The van der Waals surface area contributed by atoms with Gasteiger partial charge in [0.2, 0.25) is 0 Å². The zero-order valence-corrected chi connectivity index (χ0v) is 37.0. The summed E-state index contributed by atoms with van der Waals surface area (Å²) in [4.78, 5) is 33.3. The van der Waals surface area contributed by atoms with Gasteiger partial charge in [-0.2, -0.15) is 13.2 Å². The number of halogens is 3. The molecule has 0 bridgehead atoms. The first kappa shape index (κ1) is 54.8. The molecule has 0 saturated heterocycles. The van der Waals surface area contributed by atoms with E-state index in [1.165, 1.54) is 36.8 Å². The second kappa shape index (κ2) is 24.0. The van der Waals surface area contributed by atoms with Gasteiger partial charge in [-0.05, 0) is 108 Å². The van der Waals surface area contributed by atoms with Crippen molar-refractivity contribution in [3.8, 4) is 0 Å². The number of unbranched alkanes of at least 4 members (excludes halogenated alkanes) is 1. The molecule has 0 amide bonds. The van der Waals surface area contributed by atoms with Crippen LogP contribution < -0.4 is 0 Å². The van der Waals surface area contributed by atoms with Crippen molar-refractivity contribution >= 4 is 17.9 Å². The molecule has 0 saturated carbocycles. The van der Waals surface area contributed by atoms with E-state index in [1.807, 2.05) is 27.7 Å². The molecule has 53 heavy (non-hydrogen) atoms. The minimum Gasteiger partial charge on any atom is -0.481 e. The third kappa shape index (κ3) is 22.4. The summed E-state index contributed by atoms with van der Waals surface area (Å²) in [7, 11) is 0. The number of hydrogen-bond acceptors (Lipinski definition) is 5. The van der Waals surface area contributed by atoms with Crippen LogP contribution in [0.3, 0.4) is 0 Å². The van der Waals surface area contributed by atoms with E-state index in [0.29, 0.717) is 30.8 Å². The van der Waals surface area contributed by atoms with E-state index in [2.05, 4.69) is 84.4 Å². The first-order chi connectivity index (χ1) is 23.9.